The van der Waals surface area contributed by atoms with Crippen LogP contribution in [0.4, 0.5) is 0 Å². The molecule has 0 aliphatic heterocycles. The monoisotopic (exact) mass is 382 g/mol. The highest BCUT2D eigenvalue weighted by Gasteiger charge is 2.14. The fourth-order valence-electron chi connectivity index (χ4n) is 2.40. The van der Waals surface area contributed by atoms with Gasteiger partial charge in [-0.1, -0.05) is 30.3 Å². The van der Waals surface area contributed by atoms with E-state index < -0.39 is 5.91 Å². The first-order valence-corrected chi connectivity index (χ1v) is 9.23. The molecule has 3 N–H and O–H groups in total. The second kappa shape index (κ2) is 10.9. The number of amides is 2. The van der Waals surface area contributed by atoms with Crippen molar-refractivity contribution in [1.29, 1.82) is 0 Å². The molecule has 0 saturated heterocycles. The Balaban J connectivity index is 2.20. The number of benzene rings is 2. The third-order valence-corrected chi connectivity index (χ3v) is 3.71. The fraction of sp³-hybridized carbons (Fsp3) is 0.273. The summed E-state index contributed by atoms with van der Waals surface area (Å²) in [5, 5.41) is 14.3. The molecule has 0 atom stereocenters. The molecule has 2 rings (SSSR count). The molecule has 6 heteroatoms. The first kappa shape index (κ1) is 21.2. The number of aliphatic hydroxyl groups excluding tert-OH is 1. The Morgan fingerprint density at radius 1 is 1.07 bits per heavy atom. The van der Waals surface area contributed by atoms with Crippen LogP contribution in [0.5, 0.6) is 5.75 Å². The van der Waals surface area contributed by atoms with Gasteiger partial charge in [0, 0.05) is 18.7 Å². The molecule has 0 aliphatic carbocycles. The van der Waals surface area contributed by atoms with E-state index in [4.69, 9.17) is 9.84 Å². The third kappa shape index (κ3) is 6.89. The Morgan fingerprint density at radius 2 is 1.75 bits per heavy atom. The highest BCUT2D eigenvalue weighted by Crippen LogP contribution is 2.16. The SMILES string of the molecule is CC(C)Oc1ccc(/C=C(\NC(=O)c2ccccc2)C(=O)NCCCO)cc1. The quantitative estimate of drug-likeness (QED) is 0.460. The van der Waals surface area contributed by atoms with Crippen LogP contribution in [0.25, 0.3) is 6.08 Å². The Kier molecular flexibility index (Phi) is 8.24. The van der Waals surface area contributed by atoms with Gasteiger partial charge in [-0.05, 0) is 56.2 Å². The van der Waals surface area contributed by atoms with Crippen LogP contribution < -0.4 is 15.4 Å². The minimum Gasteiger partial charge on any atom is -0.491 e. The lowest BCUT2D eigenvalue weighted by Gasteiger charge is -2.12. The van der Waals surface area contributed by atoms with Crippen molar-refractivity contribution in [3.8, 4) is 5.75 Å². The topological polar surface area (TPSA) is 87.7 Å². The van der Waals surface area contributed by atoms with E-state index in [-0.39, 0.29) is 24.3 Å². The summed E-state index contributed by atoms with van der Waals surface area (Å²) in [5.74, 6) is -0.0569. The summed E-state index contributed by atoms with van der Waals surface area (Å²) in [7, 11) is 0. The van der Waals surface area contributed by atoms with Gasteiger partial charge in [0.05, 0.1) is 6.10 Å². The van der Waals surface area contributed by atoms with Crippen LogP contribution in [0.1, 0.15) is 36.2 Å². The largest absolute Gasteiger partial charge is 0.491 e. The van der Waals surface area contributed by atoms with Gasteiger partial charge in [0.1, 0.15) is 11.4 Å². The van der Waals surface area contributed by atoms with E-state index in [2.05, 4.69) is 10.6 Å². The molecule has 0 fully saturated rings. The van der Waals surface area contributed by atoms with Crippen molar-refractivity contribution in [3.05, 3.63) is 71.4 Å². The van der Waals surface area contributed by atoms with Gasteiger partial charge in [0.2, 0.25) is 0 Å². The molecule has 6 nitrogen and oxygen atoms in total. The van der Waals surface area contributed by atoms with Gasteiger partial charge in [-0.15, -0.1) is 0 Å². The number of nitrogens with one attached hydrogen (secondary N) is 2. The first-order valence-electron chi connectivity index (χ1n) is 9.23. The highest BCUT2D eigenvalue weighted by molar-refractivity contribution is 6.05. The first-order chi connectivity index (χ1) is 13.5. The number of hydrogen-bond donors (Lipinski definition) is 3. The van der Waals surface area contributed by atoms with Crippen molar-refractivity contribution in [2.24, 2.45) is 0 Å². The van der Waals surface area contributed by atoms with Crippen LogP contribution in [-0.4, -0.2) is 36.2 Å². The lowest BCUT2D eigenvalue weighted by molar-refractivity contribution is -0.117. The van der Waals surface area contributed by atoms with E-state index >= 15 is 0 Å². The van der Waals surface area contributed by atoms with Crippen LogP contribution in [0.3, 0.4) is 0 Å². The van der Waals surface area contributed by atoms with E-state index in [9.17, 15) is 9.59 Å². The number of carbonyl (C=O) groups is 2. The maximum absolute atomic E-state index is 12.5. The number of hydrogen-bond acceptors (Lipinski definition) is 4. The Hall–Kier alpha value is -3.12. The van der Waals surface area contributed by atoms with Gasteiger partial charge < -0.3 is 20.5 Å². The zero-order valence-electron chi connectivity index (χ0n) is 16.1. The van der Waals surface area contributed by atoms with Gasteiger partial charge in [-0.25, -0.2) is 0 Å². The zero-order valence-corrected chi connectivity index (χ0v) is 16.1. The fourth-order valence-corrected chi connectivity index (χ4v) is 2.40. The molecule has 0 heterocycles. The average Bonchev–Trinajstić information content (AvgIpc) is 2.69. The minimum atomic E-state index is -0.416. The second-order valence-electron chi connectivity index (χ2n) is 6.45. The molecule has 0 aromatic heterocycles. The third-order valence-electron chi connectivity index (χ3n) is 3.71. The molecular formula is C22H26N2O4. The lowest BCUT2D eigenvalue weighted by atomic mass is 10.1. The molecule has 0 saturated carbocycles. The van der Waals surface area contributed by atoms with Crippen molar-refractivity contribution in [2.75, 3.05) is 13.2 Å². The Labute approximate surface area is 165 Å². The minimum absolute atomic E-state index is 0.0208. The predicted octanol–water partition coefficient (Wildman–Crippen LogP) is 2.74. The number of aliphatic hydroxyl groups is 1. The molecular weight excluding hydrogens is 356 g/mol. The van der Waals surface area contributed by atoms with Crippen LogP contribution >= 0.6 is 0 Å². The molecule has 28 heavy (non-hydrogen) atoms. The van der Waals surface area contributed by atoms with Crippen molar-refractivity contribution >= 4 is 17.9 Å². The summed E-state index contributed by atoms with van der Waals surface area (Å²) in [6, 6.07) is 15.9. The van der Waals surface area contributed by atoms with Crippen molar-refractivity contribution in [1.82, 2.24) is 10.6 Å². The van der Waals surface area contributed by atoms with Gasteiger partial charge in [0.15, 0.2) is 0 Å². The second-order valence-corrected chi connectivity index (χ2v) is 6.45. The van der Waals surface area contributed by atoms with Crippen LogP contribution in [-0.2, 0) is 4.79 Å². The van der Waals surface area contributed by atoms with Crippen LogP contribution in [0.2, 0.25) is 0 Å². The lowest BCUT2D eigenvalue weighted by Crippen LogP contribution is -2.35. The van der Waals surface area contributed by atoms with E-state index in [1.54, 1.807) is 30.3 Å². The van der Waals surface area contributed by atoms with Gasteiger partial charge in [0.25, 0.3) is 11.8 Å². The number of rotatable bonds is 9. The smallest absolute Gasteiger partial charge is 0.267 e. The van der Waals surface area contributed by atoms with Crippen molar-refractivity contribution < 1.29 is 19.4 Å². The summed E-state index contributed by atoms with van der Waals surface area (Å²) in [6.45, 7) is 4.19. The van der Waals surface area contributed by atoms with Crippen LogP contribution in [0.15, 0.2) is 60.3 Å². The molecule has 0 bridgehead atoms. The van der Waals surface area contributed by atoms with E-state index in [0.717, 1.165) is 11.3 Å². The zero-order chi connectivity index (χ0) is 20.4. The van der Waals surface area contributed by atoms with E-state index in [1.807, 2.05) is 44.2 Å². The summed E-state index contributed by atoms with van der Waals surface area (Å²) < 4.78 is 5.62. The van der Waals surface area contributed by atoms with Crippen molar-refractivity contribution in [2.45, 2.75) is 26.4 Å². The molecule has 148 valence electrons. The van der Waals surface area contributed by atoms with Gasteiger partial charge in [-0.2, -0.15) is 0 Å². The summed E-state index contributed by atoms with van der Waals surface area (Å²) in [4.78, 5) is 25.0. The maximum Gasteiger partial charge on any atom is 0.267 e. The van der Waals surface area contributed by atoms with Gasteiger partial charge >= 0.3 is 0 Å². The highest BCUT2D eigenvalue weighted by atomic mass is 16.5. The number of ether oxygens (including phenoxy) is 1. The molecule has 0 aliphatic rings. The van der Waals surface area contributed by atoms with Gasteiger partial charge in [-0.3, -0.25) is 9.59 Å². The Morgan fingerprint density at radius 3 is 2.36 bits per heavy atom. The average molecular weight is 382 g/mol. The predicted molar refractivity (Wildman–Crippen MR) is 109 cm³/mol. The summed E-state index contributed by atoms with van der Waals surface area (Å²) in [6.07, 6.45) is 2.11. The number of carbonyl (C=O) groups excluding carboxylic acids is 2. The summed E-state index contributed by atoms with van der Waals surface area (Å²) >= 11 is 0. The molecule has 0 spiro atoms. The molecule has 0 radical (unpaired) electrons. The molecule has 0 unspecified atom stereocenters. The standard InChI is InChI=1S/C22H26N2O4/c1-16(2)28-19-11-9-17(10-12-19)15-20(22(27)23-13-6-14-25)24-21(26)18-7-4-3-5-8-18/h3-5,7-12,15-16,25H,6,13-14H2,1-2H3,(H,23,27)(H,24,26)/b20-15-. The van der Waals surface area contributed by atoms with Crippen LogP contribution in [0, 0.1) is 0 Å². The molecule has 2 amide bonds. The molecule has 2 aromatic rings. The normalized spacial score (nSPS) is 11.2. The summed E-state index contributed by atoms with van der Waals surface area (Å²) in [5.41, 5.74) is 1.33. The van der Waals surface area contributed by atoms with E-state index in [0.29, 0.717) is 18.5 Å². The maximum atomic E-state index is 12.5. The molecule has 2 aromatic carbocycles. The van der Waals surface area contributed by atoms with E-state index in [1.165, 1.54) is 0 Å². The van der Waals surface area contributed by atoms with Crippen molar-refractivity contribution in [3.63, 3.8) is 0 Å². The Bertz CT molecular complexity index is 799.